The van der Waals surface area contributed by atoms with Gasteiger partial charge in [0, 0.05) is 12.2 Å². The normalized spacial score (nSPS) is 11.1. The van der Waals surface area contributed by atoms with E-state index in [4.69, 9.17) is 5.14 Å². The second-order valence-corrected chi connectivity index (χ2v) is 7.15. The van der Waals surface area contributed by atoms with Gasteiger partial charge in [-0.05, 0) is 49.1 Å². The SMILES string of the molecule is Cc1cccc(C)c1NC(=O)NCCc1ccc(S(N)(=O)=O)cc1. The van der Waals surface area contributed by atoms with Crippen molar-refractivity contribution in [2.45, 2.75) is 25.2 Å². The van der Waals surface area contributed by atoms with Crippen LogP contribution in [0.1, 0.15) is 16.7 Å². The lowest BCUT2D eigenvalue weighted by Gasteiger charge is -2.12. The molecule has 0 atom stereocenters. The Hall–Kier alpha value is -2.38. The van der Waals surface area contributed by atoms with E-state index in [2.05, 4.69) is 10.6 Å². The van der Waals surface area contributed by atoms with Gasteiger partial charge in [0.05, 0.1) is 4.90 Å². The van der Waals surface area contributed by atoms with Gasteiger partial charge in [0.15, 0.2) is 0 Å². The van der Waals surface area contributed by atoms with Crippen LogP contribution in [0.4, 0.5) is 10.5 Å². The van der Waals surface area contributed by atoms with Crippen LogP contribution in [0.15, 0.2) is 47.4 Å². The van der Waals surface area contributed by atoms with Crippen molar-refractivity contribution in [2.75, 3.05) is 11.9 Å². The summed E-state index contributed by atoms with van der Waals surface area (Å²) in [5, 5.41) is 10.7. The molecule has 0 aliphatic rings. The van der Waals surface area contributed by atoms with E-state index < -0.39 is 10.0 Å². The van der Waals surface area contributed by atoms with E-state index in [9.17, 15) is 13.2 Å². The number of anilines is 1. The van der Waals surface area contributed by atoms with Crippen molar-refractivity contribution >= 4 is 21.7 Å². The average Bonchev–Trinajstić information content (AvgIpc) is 2.51. The van der Waals surface area contributed by atoms with Crippen LogP contribution >= 0.6 is 0 Å². The van der Waals surface area contributed by atoms with Gasteiger partial charge in [-0.2, -0.15) is 0 Å². The number of hydrogen-bond acceptors (Lipinski definition) is 3. The minimum Gasteiger partial charge on any atom is -0.338 e. The Morgan fingerprint density at radius 2 is 1.62 bits per heavy atom. The zero-order valence-corrected chi connectivity index (χ0v) is 14.5. The number of para-hydroxylation sites is 1. The zero-order valence-electron chi connectivity index (χ0n) is 13.7. The predicted molar refractivity (Wildman–Crippen MR) is 94.5 cm³/mol. The smallest absolute Gasteiger partial charge is 0.319 e. The summed E-state index contributed by atoms with van der Waals surface area (Å²) in [5.41, 5.74) is 3.73. The molecule has 7 heteroatoms. The summed E-state index contributed by atoms with van der Waals surface area (Å²) in [4.78, 5) is 12.1. The summed E-state index contributed by atoms with van der Waals surface area (Å²) in [6, 6.07) is 11.8. The van der Waals surface area contributed by atoms with Gasteiger partial charge in [0.2, 0.25) is 10.0 Å². The molecule has 0 aromatic heterocycles. The van der Waals surface area contributed by atoms with Gasteiger partial charge in [-0.3, -0.25) is 0 Å². The first-order chi connectivity index (χ1) is 11.3. The molecule has 0 fully saturated rings. The molecule has 2 amide bonds. The third-order valence-corrected chi connectivity index (χ3v) is 4.60. The van der Waals surface area contributed by atoms with Crippen molar-refractivity contribution in [3.05, 3.63) is 59.2 Å². The van der Waals surface area contributed by atoms with Crippen LogP contribution in [0.3, 0.4) is 0 Å². The van der Waals surface area contributed by atoms with Crippen LogP contribution in [0.25, 0.3) is 0 Å². The fourth-order valence-corrected chi connectivity index (χ4v) is 2.85. The molecule has 0 aliphatic heterocycles. The van der Waals surface area contributed by atoms with Crippen LogP contribution in [-0.4, -0.2) is 21.0 Å². The maximum Gasteiger partial charge on any atom is 0.319 e. The number of carbonyl (C=O) groups excluding carboxylic acids is 1. The number of benzene rings is 2. The molecule has 0 unspecified atom stereocenters. The van der Waals surface area contributed by atoms with Crippen LogP contribution in [-0.2, 0) is 16.4 Å². The molecule has 0 heterocycles. The summed E-state index contributed by atoms with van der Waals surface area (Å²) < 4.78 is 22.4. The van der Waals surface area contributed by atoms with Crippen molar-refractivity contribution in [3.63, 3.8) is 0 Å². The molecule has 0 radical (unpaired) electrons. The largest absolute Gasteiger partial charge is 0.338 e. The molecular formula is C17H21N3O3S. The minimum absolute atomic E-state index is 0.0759. The van der Waals surface area contributed by atoms with Crippen molar-refractivity contribution < 1.29 is 13.2 Å². The lowest BCUT2D eigenvalue weighted by atomic mass is 10.1. The van der Waals surface area contributed by atoms with E-state index in [1.54, 1.807) is 12.1 Å². The fourth-order valence-electron chi connectivity index (χ4n) is 2.34. The topological polar surface area (TPSA) is 101 Å². The Kier molecular flexibility index (Phi) is 5.58. The number of nitrogens with one attached hydrogen (secondary N) is 2. The molecule has 128 valence electrons. The van der Waals surface area contributed by atoms with Gasteiger partial charge in [-0.25, -0.2) is 18.4 Å². The van der Waals surface area contributed by atoms with Gasteiger partial charge in [0.25, 0.3) is 0 Å². The summed E-state index contributed by atoms with van der Waals surface area (Å²) in [7, 11) is -3.68. The number of hydrogen-bond donors (Lipinski definition) is 3. The summed E-state index contributed by atoms with van der Waals surface area (Å²) in [6.45, 7) is 4.32. The molecule has 4 N–H and O–H groups in total. The van der Waals surface area contributed by atoms with E-state index in [0.29, 0.717) is 13.0 Å². The highest BCUT2D eigenvalue weighted by Crippen LogP contribution is 2.19. The standard InChI is InChI=1S/C17H21N3O3S/c1-12-4-3-5-13(2)16(12)20-17(21)19-11-10-14-6-8-15(9-7-14)24(18,22)23/h3-9H,10-11H2,1-2H3,(H2,18,22,23)(H2,19,20,21). The maximum atomic E-state index is 12.0. The van der Waals surface area contributed by atoms with E-state index in [-0.39, 0.29) is 10.9 Å². The zero-order chi connectivity index (χ0) is 17.7. The van der Waals surface area contributed by atoms with E-state index in [0.717, 1.165) is 22.4 Å². The third kappa shape index (κ3) is 4.81. The van der Waals surface area contributed by atoms with Gasteiger partial charge in [-0.15, -0.1) is 0 Å². The molecule has 0 saturated heterocycles. The Labute approximate surface area is 142 Å². The number of amides is 2. The van der Waals surface area contributed by atoms with Gasteiger partial charge < -0.3 is 10.6 Å². The maximum absolute atomic E-state index is 12.0. The van der Waals surface area contributed by atoms with Crippen molar-refractivity contribution in [1.29, 1.82) is 0 Å². The van der Waals surface area contributed by atoms with Crippen LogP contribution < -0.4 is 15.8 Å². The molecule has 2 aromatic rings. The Balaban J connectivity index is 1.87. The molecule has 24 heavy (non-hydrogen) atoms. The first-order valence-electron chi connectivity index (χ1n) is 7.50. The third-order valence-electron chi connectivity index (χ3n) is 3.67. The molecule has 2 rings (SSSR count). The Bertz CT molecular complexity index is 810. The summed E-state index contributed by atoms with van der Waals surface area (Å²) in [5.74, 6) is 0. The van der Waals surface area contributed by atoms with Gasteiger partial charge in [-0.1, -0.05) is 30.3 Å². The predicted octanol–water partition coefficient (Wildman–Crippen LogP) is 2.32. The fraction of sp³-hybridized carbons (Fsp3) is 0.235. The van der Waals surface area contributed by atoms with Crippen molar-refractivity contribution in [2.24, 2.45) is 5.14 Å². The molecule has 0 aliphatic carbocycles. The number of rotatable bonds is 5. The Morgan fingerprint density at radius 1 is 1.04 bits per heavy atom. The number of urea groups is 1. The minimum atomic E-state index is -3.68. The second kappa shape index (κ2) is 7.46. The van der Waals surface area contributed by atoms with Gasteiger partial charge in [0.1, 0.15) is 0 Å². The molecule has 0 spiro atoms. The first-order valence-corrected chi connectivity index (χ1v) is 9.05. The molecule has 0 bridgehead atoms. The van der Waals surface area contributed by atoms with Crippen molar-refractivity contribution in [1.82, 2.24) is 5.32 Å². The first kappa shape index (κ1) is 18.0. The molecule has 2 aromatic carbocycles. The van der Waals surface area contributed by atoms with Crippen LogP contribution in [0.2, 0.25) is 0 Å². The average molecular weight is 347 g/mol. The highest BCUT2D eigenvalue weighted by molar-refractivity contribution is 7.89. The van der Waals surface area contributed by atoms with Crippen molar-refractivity contribution in [3.8, 4) is 0 Å². The number of sulfonamides is 1. The highest BCUT2D eigenvalue weighted by Gasteiger charge is 2.08. The lowest BCUT2D eigenvalue weighted by molar-refractivity contribution is 0.252. The van der Waals surface area contributed by atoms with E-state index >= 15 is 0 Å². The second-order valence-electron chi connectivity index (χ2n) is 5.59. The Morgan fingerprint density at radius 3 is 2.17 bits per heavy atom. The quantitative estimate of drug-likeness (QED) is 0.773. The number of aryl methyl sites for hydroxylation is 2. The van der Waals surface area contributed by atoms with Gasteiger partial charge >= 0.3 is 6.03 Å². The summed E-state index contributed by atoms with van der Waals surface area (Å²) in [6.07, 6.45) is 0.588. The molecule has 0 saturated carbocycles. The van der Waals surface area contributed by atoms with Crippen LogP contribution in [0, 0.1) is 13.8 Å². The number of nitrogens with two attached hydrogens (primary N) is 1. The lowest BCUT2D eigenvalue weighted by Crippen LogP contribution is -2.31. The van der Waals surface area contributed by atoms with E-state index in [1.165, 1.54) is 12.1 Å². The number of primary sulfonamides is 1. The number of carbonyl (C=O) groups is 1. The monoisotopic (exact) mass is 347 g/mol. The highest BCUT2D eigenvalue weighted by atomic mass is 32.2. The van der Waals surface area contributed by atoms with Crippen LogP contribution in [0.5, 0.6) is 0 Å². The molecule has 6 nitrogen and oxygen atoms in total. The van der Waals surface area contributed by atoms with E-state index in [1.807, 2.05) is 32.0 Å². The molecular weight excluding hydrogens is 326 g/mol. The summed E-state index contributed by atoms with van der Waals surface area (Å²) >= 11 is 0.